The van der Waals surface area contributed by atoms with Crippen LogP contribution in [0.15, 0.2) is 24.3 Å². The van der Waals surface area contributed by atoms with Crippen molar-refractivity contribution >= 4 is 10.0 Å². The molecule has 0 saturated heterocycles. The van der Waals surface area contributed by atoms with Crippen molar-refractivity contribution in [1.29, 1.82) is 0 Å². The minimum Gasteiger partial charge on any atom is -0.396 e. The summed E-state index contributed by atoms with van der Waals surface area (Å²) in [6, 6.07) is 5.76. The van der Waals surface area contributed by atoms with Crippen LogP contribution in [0.5, 0.6) is 0 Å². The van der Waals surface area contributed by atoms with Crippen LogP contribution in [-0.4, -0.2) is 31.9 Å². The zero-order valence-corrected chi connectivity index (χ0v) is 11.8. The Balaban J connectivity index is 2.45. The molecule has 0 amide bonds. The molecule has 6 heteroatoms. The molecule has 1 atom stereocenters. The van der Waals surface area contributed by atoms with Crippen molar-refractivity contribution in [2.45, 2.75) is 32.2 Å². The highest BCUT2D eigenvalue weighted by atomic mass is 32.2. The van der Waals surface area contributed by atoms with Crippen LogP contribution in [0.1, 0.15) is 25.3 Å². The topological polar surface area (TPSA) is 66.4 Å². The van der Waals surface area contributed by atoms with Crippen molar-refractivity contribution in [1.82, 2.24) is 4.72 Å². The van der Waals surface area contributed by atoms with E-state index in [0.717, 1.165) is 5.56 Å². The first-order valence-corrected chi connectivity index (χ1v) is 7.93. The molecule has 0 bridgehead atoms. The second kappa shape index (κ2) is 7.57. The maximum Gasteiger partial charge on any atom is 0.211 e. The van der Waals surface area contributed by atoms with Gasteiger partial charge in [0, 0.05) is 12.6 Å². The van der Waals surface area contributed by atoms with Gasteiger partial charge >= 0.3 is 0 Å². The van der Waals surface area contributed by atoms with Crippen molar-refractivity contribution < 1.29 is 17.9 Å². The molecule has 0 fully saturated rings. The van der Waals surface area contributed by atoms with E-state index in [2.05, 4.69) is 4.72 Å². The van der Waals surface area contributed by atoms with Gasteiger partial charge in [0.05, 0.1) is 5.75 Å². The van der Waals surface area contributed by atoms with Crippen LogP contribution in [0.2, 0.25) is 0 Å². The summed E-state index contributed by atoms with van der Waals surface area (Å²) in [7, 11) is -3.32. The molecule has 2 N–H and O–H groups in total. The van der Waals surface area contributed by atoms with Gasteiger partial charge in [-0.1, -0.05) is 12.1 Å². The van der Waals surface area contributed by atoms with E-state index in [1.165, 1.54) is 12.1 Å². The van der Waals surface area contributed by atoms with E-state index in [4.69, 9.17) is 5.11 Å². The smallest absolute Gasteiger partial charge is 0.211 e. The number of aliphatic hydroxyl groups is 1. The molecule has 0 aliphatic heterocycles. The van der Waals surface area contributed by atoms with E-state index >= 15 is 0 Å². The van der Waals surface area contributed by atoms with Crippen molar-refractivity contribution in [2.24, 2.45) is 0 Å². The van der Waals surface area contributed by atoms with Gasteiger partial charge in [0.15, 0.2) is 0 Å². The summed E-state index contributed by atoms with van der Waals surface area (Å²) in [5, 5.41) is 8.62. The lowest BCUT2D eigenvalue weighted by Gasteiger charge is -2.14. The Morgan fingerprint density at radius 2 is 1.89 bits per heavy atom. The Morgan fingerprint density at radius 1 is 1.26 bits per heavy atom. The van der Waals surface area contributed by atoms with E-state index in [1.54, 1.807) is 19.1 Å². The number of sulfonamides is 1. The van der Waals surface area contributed by atoms with E-state index in [0.29, 0.717) is 19.3 Å². The molecule has 0 aromatic heterocycles. The summed E-state index contributed by atoms with van der Waals surface area (Å²) in [5.74, 6) is -0.289. The Labute approximate surface area is 113 Å². The van der Waals surface area contributed by atoms with E-state index < -0.39 is 10.0 Å². The quantitative estimate of drug-likeness (QED) is 0.712. The Bertz CT molecular complexity index is 473. The van der Waals surface area contributed by atoms with Crippen LogP contribution in [0, 0.1) is 5.82 Å². The largest absolute Gasteiger partial charge is 0.396 e. The second-order valence-electron chi connectivity index (χ2n) is 4.60. The van der Waals surface area contributed by atoms with Gasteiger partial charge < -0.3 is 5.11 Å². The minimum atomic E-state index is -3.32. The average molecular weight is 289 g/mol. The maximum atomic E-state index is 12.7. The number of hydrogen-bond donors (Lipinski definition) is 2. The highest BCUT2D eigenvalue weighted by Gasteiger charge is 2.14. The van der Waals surface area contributed by atoms with Gasteiger partial charge in [0.1, 0.15) is 5.82 Å². The molecule has 108 valence electrons. The van der Waals surface area contributed by atoms with Crippen LogP contribution in [0.4, 0.5) is 4.39 Å². The fraction of sp³-hybridized carbons (Fsp3) is 0.538. The lowest BCUT2D eigenvalue weighted by Crippen LogP contribution is -2.35. The van der Waals surface area contributed by atoms with Crippen molar-refractivity contribution in [3.05, 3.63) is 35.6 Å². The summed E-state index contributed by atoms with van der Waals surface area (Å²) in [6.45, 7) is 1.77. The van der Waals surface area contributed by atoms with Crippen LogP contribution in [-0.2, 0) is 16.4 Å². The third kappa shape index (κ3) is 6.66. The molecule has 4 nitrogen and oxygen atoms in total. The fourth-order valence-corrected chi connectivity index (χ4v) is 3.18. The Hall–Kier alpha value is -0.980. The summed E-state index contributed by atoms with van der Waals surface area (Å²) in [4.78, 5) is 0. The molecule has 0 radical (unpaired) electrons. The number of nitrogens with one attached hydrogen (secondary N) is 1. The first-order valence-electron chi connectivity index (χ1n) is 6.28. The predicted octanol–water partition coefficient (Wildman–Crippen LogP) is 1.45. The molecular formula is C13H20FNO3S. The molecule has 19 heavy (non-hydrogen) atoms. The molecule has 0 aliphatic rings. The number of benzene rings is 1. The van der Waals surface area contributed by atoms with E-state index in [-0.39, 0.29) is 24.2 Å². The SMILES string of the molecule is CC(Cc1ccc(F)cc1)NS(=O)(=O)CCCCO. The van der Waals surface area contributed by atoms with Crippen LogP contribution < -0.4 is 4.72 Å². The summed E-state index contributed by atoms with van der Waals surface area (Å²) in [5.41, 5.74) is 0.881. The standard InChI is InChI=1S/C13H20FNO3S/c1-11(10-12-4-6-13(14)7-5-12)15-19(17,18)9-3-2-8-16/h4-7,11,15-16H,2-3,8-10H2,1H3. The molecule has 0 aliphatic carbocycles. The van der Waals surface area contributed by atoms with Crippen LogP contribution in [0.25, 0.3) is 0 Å². The molecule has 0 heterocycles. The van der Waals surface area contributed by atoms with Gasteiger partial charge in [-0.25, -0.2) is 17.5 Å². The van der Waals surface area contributed by atoms with Crippen LogP contribution >= 0.6 is 0 Å². The number of aliphatic hydroxyl groups excluding tert-OH is 1. The zero-order valence-electron chi connectivity index (χ0n) is 11.0. The molecule has 1 aromatic rings. The molecule has 1 aromatic carbocycles. The number of unbranched alkanes of at least 4 members (excludes halogenated alkanes) is 1. The lowest BCUT2D eigenvalue weighted by atomic mass is 10.1. The van der Waals surface area contributed by atoms with E-state index in [1.807, 2.05) is 0 Å². The van der Waals surface area contributed by atoms with Crippen molar-refractivity contribution in [3.63, 3.8) is 0 Å². The number of rotatable bonds is 8. The Kier molecular flexibility index (Phi) is 6.41. The highest BCUT2D eigenvalue weighted by Crippen LogP contribution is 2.06. The molecule has 0 saturated carbocycles. The summed E-state index contributed by atoms with van der Waals surface area (Å²) in [6.07, 6.45) is 1.43. The zero-order chi connectivity index (χ0) is 14.3. The third-order valence-corrected chi connectivity index (χ3v) is 4.24. The first kappa shape index (κ1) is 16.1. The van der Waals surface area contributed by atoms with Crippen molar-refractivity contribution in [2.75, 3.05) is 12.4 Å². The minimum absolute atomic E-state index is 0.000648. The maximum absolute atomic E-state index is 12.7. The van der Waals surface area contributed by atoms with Gasteiger partial charge in [-0.05, 0) is 43.9 Å². The van der Waals surface area contributed by atoms with Gasteiger partial charge in [-0.2, -0.15) is 0 Å². The molecule has 1 rings (SSSR count). The molecule has 0 spiro atoms. The van der Waals surface area contributed by atoms with Gasteiger partial charge in [0.2, 0.25) is 10.0 Å². The van der Waals surface area contributed by atoms with Gasteiger partial charge in [-0.3, -0.25) is 0 Å². The number of hydrogen-bond acceptors (Lipinski definition) is 3. The average Bonchev–Trinajstić information content (AvgIpc) is 2.31. The lowest BCUT2D eigenvalue weighted by molar-refractivity contribution is 0.287. The fourth-order valence-electron chi connectivity index (χ4n) is 1.79. The summed E-state index contributed by atoms with van der Waals surface area (Å²) >= 11 is 0. The monoisotopic (exact) mass is 289 g/mol. The van der Waals surface area contributed by atoms with E-state index in [9.17, 15) is 12.8 Å². The number of halogens is 1. The van der Waals surface area contributed by atoms with Gasteiger partial charge in [0.25, 0.3) is 0 Å². The normalized spacial score (nSPS) is 13.4. The summed E-state index contributed by atoms with van der Waals surface area (Å²) < 4.78 is 38.7. The van der Waals surface area contributed by atoms with Crippen LogP contribution in [0.3, 0.4) is 0 Å². The molecular weight excluding hydrogens is 269 g/mol. The van der Waals surface area contributed by atoms with Crippen molar-refractivity contribution in [3.8, 4) is 0 Å². The first-order chi connectivity index (χ1) is 8.93. The third-order valence-electron chi connectivity index (χ3n) is 2.66. The second-order valence-corrected chi connectivity index (χ2v) is 6.47. The molecule has 1 unspecified atom stereocenters. The highest BCUT2D eigenvalue weighted by molar-refractivity contribution is 7.89. The predicted molar refractivity (Wildman–Crippen MR) is 72.8 cm³/mol. The van der Waals surface area contributed by atoms with Gasteiger partial charge in [-0.15, -0.1) is 0 Å². The Morgan fingerprint density at radius 3 is 2.47 bits per heavy atom.